The topological polar surface area (TPSA) is 98.8 Å². The number of esters is 2. The zero-order valence-electron chi connectivity index (χ0n) is 28.2. The maximum Gasteiger partial charge on any atom is 0.342 e. The molecule has 0 spiro atoms. The molecule has 2 aliphatic rings. The van der Waals surface area contributed by atoms with Crippen molar-refractivity contribution >= 4 is 26.1 Å². The predicted octanol–water partition coefficient (Wildman–Crippen LogP) is 7.29. The summed E-state index contributed by atoms with van der Waals surface area (Å²) in [6.45, 7) is 14.8. The quantitative estimate of drug-likeness (QED) is 0.120. The van der Waals surface area contributed by atoms with Crippen LogP contribution in [0, 0.1) is 5.92 Å². The van der Waals surface area contributed by atoms with Gasteiger partial charge in [0.1, 0.15) is 35.4 Å². The summed E-state index contributed by atoms with van der Waals surface area (Å²) in [5, 5.41) is 0. The van der Waals surface area contributed by atoms with Crippen LogP contribution in [0.2, 0.25) is 25.7 Å². The molecule has 0 aliphatic carbocycles. The Morgan fingerprint density at radius 3 is 2.46 bits per heavy atom. The molecule has 2 heterocycles. The number of hydrogen-bond donors (Lipinski definition) is 0. The minimum atomic E-state index is -1.33. The fraction of sp³-hybridized carbons (Fsp3) is 0.500. The fourth-order valence-electron chi connectivity index (χ4n) is 5.17. The normalized spacial score (nSPS) is 24.7. The van der Waals surface area contributed by atoms with Crippen molar-refractivity contribution < 1.29 is 42.7 Å². The molecular formula is C36H48O9Si. The summed E-state index contributed by atoms with van der Waals surface area (Å²) in [4.78, 5) is 26.9. The van der Waals surface area contributed by atoms with E-state index in [0.29, 0.717) is 35.7 Å². The van der Waals surface area contributed by atoms with E-state index in [2.05, 4.69) is 19.6 Å². The molecule has 0 N–H and O–H groups in total. The van der Waals surface area contributed by atoms with E-state index in [0.717, 1.165) is 6.04 Å². The largest absolute Gasteiger partial charge is 0.494 e. The third-order valence-corrected chi connectivity index (χ3v) is 9.57. The zero-order chi connectivity index (χ0) is 33.5. The molecule has 0 bridgehead atoms. The van der Waals surface area contributed by atoms with Crippen molar-refractivity contribution in [3.05, 3.63) is 77.4 Å². The molecule has 0 aromatic heterocycles. The van der Waals surface area contributed by atoms with E-state index >= 15 is 0 Å². The minimum Gasteiger partial charge on any atom is -0.494 e. The van der Waals surface area contributed by atoms with Crippen molar-refractivity contribution in [2.75, 3.05) is 20.5 Å². The van der Waals surface area contributed by atoms with Crippen LogP contribution in [0.1, 0.15) is 60.4 Å². The summed E-state index contributed by atoms with van der Waals surface area (Å²) in [5.41, 5.74) is 1.29. The summed E-state index contributed by atoms with van der Waals surface area (Å²) in [7, 11) is 0.189. The van der Waals surface area contributed by atoms with Gasteiger partial charge in [-0.2, -0.15) is 0 Å². The van der Waals surface area contributed by atoms with Gasteiger partial charge in [0.2, 0.25) is 0 Å². The smallest absolute Gasteiger partial charge is 0.342 e. The molecule has 2 unspecified atom stereocenters. The van der Waals surface area contributed by atoms with Gasteiger partial charge < -0.3 is 33.2 Å². The Hall–Kier alpha value is -3.44. The van der Waals surface area contributed by atoms with E-state index in [9.17, 15) is 9.59 Å². The van der Waals surface area contributed by atoms with Crippen molar-refractivity contribution in [3.63, 3.8) is 0 Å². The molecule has 0 radical (unpaired) electrons. The van der Waals surface area contributed by atoms with Crippen LogP contribution in [0.5, 0.6) is 11.5 Å². The number of methoxy groups -OCH3 is 1. The van der Waals surface area contributed by atoms with Crippen LogP contribution < -0.4 is 9.47 Å². The summed E-state index contributed by atoms with van der Waals surface area (Å²) in [6, 6.07) is 13.4. The standard InChI is InChI=1S/C36H48O9Si/c1-24-17-18-29(43-34(37)26-13-10-9-11-14-26)33-30(44-36(3,4)45-33)16-12-15-27-21-28(40-19-20-46(6,7)8)22-31(41-23-39-5)32(27)35(38)42-25(24)2/h9-15,17-18,21-22,24-25,29-30,33H,16,19-20,23H2,1-8H3/t24-,25?,29?,30+,33-/m1/s1. The molecule has 46 heavy (non-hydrogen) atoms. The van der Waals surface area contributed by atoms with Crippen LogP contribution in [0.3, 0.4) is 0 Å². The molecule has 0 saturated carbocycles. The fourth-order valence-corrected chi connectivity index (χ4v) is 5.88. The summed E-state index contributed by atoms with van der Waals surface area (Å²) >= 11 is 0. The van der Waals surface area contributed by atoms with Crippen molar-refractivity contribution in [2.24, 2.45) is 5.92 Å². The van der Waals surface area contributed by atoms with Gasteiger partial charge in [0, 0.05) is 27.2 Å². The van der Waals surface area contributed by atoms with Gasteiger partial charge in [0.25, 0.3) is 0 Å². The first kappa shape index (κ1) is 35.4. The number of ether oxygens (including phenoxy) is 7. The molecule has 10 heteroatoms. The van der Waals surface area contributed by atoms with Crippen LogP contribution in [0.15, 0.2) is 60.7 Å². The van der Waals surface area contributed by atoms with Crippen LogP contribution >= 0.6 is 0 Å². The first-order chi connectivity index (χ1) is 21.8. The Morgan fingerprint density at radius 1 is 1.02 bits per heavy atom. The maximum atomic E-state index is 13.8. The van der Waals surface area contributed by atoms with E-state index in [-0.39, 0.29) is 18.3 Å². The highest BCUT2D eigenvalue weighted by molar-refractivity contribution is 6.76. The van der Waals surface area contributed by atoms with Gasteiger partial charge in [-0.15, -0.1) is 0 Å². The van der Waals surface area contributed by atoms with Crippen molar-refractivity contribution in [1.29, 1.82) is 0 Å². The Kier molecular flexibility index (Phi) is 11.9. The Morgan fingerprint density at radius 2 is 1.76 bits per heavy atom. The van der Waals surface area contributed by atoms with Gasteiger partial charge in [-0.05, 0) is 63.1 Å². The van der Waals surface area contributed by atoms with E-state index in [1.165, 1.54) is 7.11 Å². The van der Waals surface area contributed by atoms with Crippen LogP contribution in [0.25, 0.3) is 6.08 Å². The van der Waals surface area contributed by atoms with Crippen molar-refractivity contribution in [1.82, 2.24) is 0 Å². The summed E-state index contributed by atoms with van der Waals surface area (Å²) in [5.74, 6) is -1.24. The summed E-state index contributed by atoms with van der Waals surface area (Å²) < 4.78 is 41.9. The van der Waals surface area contributed by atoms with Gasteiger partial charge in [0.05, 0.1) is 18.3 Å². The highest BCUT2D eigenvalue weighted by Gasteiger charge is 2.45. The van der Waals surface area contributed by atoms with Gasteiger partial charge >= 0.3 is 11.9 Å². The first-order valence-electron chi connectivity index (χ1n) is 15.9. The average Bonchev–Trinajstić information content (AvgIpc) is 3.30. The molecule has 9 nitrogen and oxygen atoms in total. The van der Waals surface area contributed by atoms with Crippen LogP contribution in [-0.4, -0.2) is 70.7 Å². The van der Waals surface area contributed by atoms with Gasteiger partial charge in [-0.25, -0.2) is 9.59 Å². The predicted molar refractivity (Wildman–Crippen MR) is 179 cm³/mol. The number of cyclic esters (lactones) is 1. The molecule has 5 atom stereocenters. The Labute approximate surface area is 273 Å². The molecular weight excluding hydrogens is 604 g/mol. The third-order valence-electron chi connectivity index (χ3n) is 7.86. The summed E-state index contributed by atoms with van der Waals surface area (Å²) in [6.07, 6.45) is 5.54. The molecule has 1 saturated heterocycles. The number of benzene rings is 2. The molecule has 4 rings (SSSR count). The van der Waals surface area contributed by atoms with Crippen LogP contribution in [-0.2, 0) is 23.7 Å². The van der Waals surface area contributed by atoms with Crippen molar-refractivity contribution in [3.8, 4) is 11.5 Å². The average molecular weight is 653 g/mol. The second-order valence-electron chi connectivity index (χ2n) is 13.5. The maximum absolute atomic E-state index is 13.8. The van der Waals surface area contributed by atoms with Crippen LogP contribution in [0.4, 0.5) is 0 Å². The molecule has 1 fully saturated rings. The third kappa shape index (κ3) is 9.78. The Balaban J connectivity index is 1.73. The second-order valence-corrected chi connectivity index (χ2v) is 19.1. The number of fused-ring (bicyclic) bond motifs is 2. The SMILES string of the molecule is COCOc1cc(OCC[Si](C)(C)C)cc2c1C(=O)OC(C)[C@H](C)C=CC(OC(=O)c1ccccc1)[C@H]1OC(C)(C)O[C@H]1CC=C2. The van der Waals surface area contributed by atoms with E-state index < -0.39 is 50.2 Å². The van der Waals surface area contributed by atoms with Gasteiger partial charge in [-0.3, -0.25) is 0 Å². The lowest BCUT2D eigenvalue weighted by Gasteiger charge is -2.26. The highest BCUT2D eigenvalue weighted by Crippen LogP contribution is 2.36. The minimum absolute atomic E-state index is 0.0520. The van der Waals surface area contributed by atoms with E-state index in [1.807, 2.05) is 58.1 Å². The number of rotatable bonds is 9. The van der Waals surface area contributed by atoms with E-state index in [4.69, 9.17) is 33.2 Å². The number of hydrogen-bond acceptors (Lipinski definition) is 9. The molecule has 0 amide bonds. The zero-order valence-corrected chi connectivity index (χ0v) is 29.2. The lowest BCUT2D eigenvalue weighted by atomic mass is 9.98. The monoisotopic (exact) mass is 652 g/mol. The molecule has 250 valence electrons. The van der Waals surface area contributed by atoms with Crippen molar-refractivity contribution in [2.45, 2.75) is 90.0 Å². The van der Waals surface area contributed by atoms with Gasteiger partial charge in [0.15, 0.2) is 12.6 Å². The number of carbonyl (C=O) groups excluding carboxylic acids is 2. The number of carbonyl (C=O) groups is 2. The lowest BCUT2D eigenvalue weighted by Crippen LogP contribution is -2.37. The van der Waals surface area contributed by atoms with E-state index in [1.54, 1.807) is 36.4 Å². The molecule has 2 aromatic carbocycles. The first-order valence-corrected chi connectivity index (χ1v) is 19.6. The van der Waals surface area contributed by atoms with Gasteiger partial charge in [-0.1, -0.05) is 63.0 Å². The highest BCUT2D eigenvalue weighted by atomic mass is 28.3. The second kappa shape index (κ2) is 15.4. The lowest BCUT2D eigenvalue weighted by molar-refractivity contribution is -0.152. The molecule has 2 aromatic rings. The Bertz CT molecular complexity index is 1400. The molecule has 2 aliphatic heterocycles.